The van der Waals surface area contributed by atoms with E-state index in [-0.39, 0.29) is 40.2 Å². The number of carbonyl (C=O) groups excluding carboxylic acids is 3. The van der Waals surface area contributed by atoms with Crippen LogP contribution in [-0.2, 0) is 24.0 Å². The molecule has 0 radical (unpaired) electrons. The number of aliphatic carboxylic acids is 1. The molecule has 0 saturated carbocycles. The number of thioether (sulfide) groups is 1. The lowest BCUT2D eigenvalue weighted by Gasteiger charge is -2.44. The van der Waals surface area contributed by atoms with Crippen LogP contribution in [0.25, 0.3) is 0 Å². The van der Waals surface area contributed by atoms with Gasteiger partial charge in [0, 0.05) is 41.9 Å². The molecular weight excluding hydrogens is 512 g/mol. The normalized spacial score (nSPS) is 16.8. The molecule has 3 amide bonds. The molecule has 14 nitrogen and oxygen atoms in total. The van der Waals surface area contributed by atoms with Gasteiger partial charge in [0.25, 0.3) is 5.91 Å². The number of nitrogen functional groups attached to an aromatic ring is 1. The van der Waals surface area contributed by atoms with Gasteiger partial charge in [-0.3, -0.25) is 24.3 Å². The van der Waals surface area contributed by atoms with E-state index in [1.165, 1.54) is 21.6 Å². The quantitative estimate of drug-likeness (QED) is 0.169. The number of amides is 3. The highest BCUT2D eigenvalue weighted by Gasteiger charge is 2.45. The number of carboxylic acids is 1. The minimum atomic E-state index is -1.13. The van der Waals surface area contributed by atoms with E-state index < -0.39 is 11.9 Å². The number of fused-ring (bicyclic) bond motifs is 1. The smallest absolute Gasteiger partial charge is 0.352 e. The number of oxime groups is 1. The van der Waals surface area contributed by atoms with Crippen molar-refractivity contribution in [2.24, 2.45) is 10.9 Å². The summed E-state index contributed by atoms with van der Waals surface area (Å²) in [6.45, 7) is 2.19. The molecule has 0 unspecified atom stereocenters. The number of hydrogen-bond donors (Lipinski definition) is 3. The van der Waals surface area contributed by atoms with Gasteiger partial charge in [-0.05, 0) is 24.6 Å². The van der Waals surface area contributed by atoms with Crippen LogP contribution >= 0.6 is 23.3 Å². The predicted molar refractivity (Wildman–Crippen MR) is 132 cm³/mol. The molecule has 2 aliphatic rings. The van der Waals surface area contributed by atoms with Crippen molar-refractivity contribution in [3.8, 4) is 0 Å². The molecule has 1 atom stereocenters. The van der Waals surface area contributed by atoms with E-state index in [0.717, 1.165) is 11.5 Å². The van der Waals surface area contributed by atoms with Gasteiger partial charge in [0.15, 0.2) is 5.13 Å². The van der Waals surface area contributed by atoms with E-state index in [9.17, 15) is 24.3 Å². The summed E-state index contributed by atoms with van der Waals surface area (Å²) in [7, 11) is 0. The zero-order chi connectivity index (χ0) is 26.2. The summed E-state index contributed by atoms with van der Waals surface area (Å²) in [6, 6.07) is 3.34. The lowest BCUT2D eigenvalue weighted by atomic mass is 10.1. The van der Waals surface area contributed by atoms with Crippen LogP contribution in [0.2, 0.25) is 0 Å². The van der Waals surface area contributed by atoms with Gasteiger partial charge in [0.1, 0.15) is 12.3 Å². The topological polar surface area (TPSA) is 207 Å². The van der Waals surface area contributed by atoms with E-state index in [4.69, 9.17) is 16.3 Å². The molecule has 5 N–H and O–H groups in total. The number of anilines is 2. The molecule has 0 aliphatic carbocycles. The van der Waals surface area contributed by atoms with Gasteiger partial charge >= 0.3 is 5.97 Å². The van der Waals surface area contributed by atoms with Gasteiger partial charge in [-0.15, -0.1) is 11.8 Å². The fraction of sp³-hybridized carbons (Fsp3) is 0.300. The highest BCUT2D eigenvalue weighted by atomic mass is 32.2. The van der Waals surface area contributed by atoms with Crippen LogP contribution in [-0.4, -0.2) is 78.5 Å². The molecule has 0 aromatic carbocycles. The molecule has 4 rings (SSSR count). The van der Waals surface area contributed by atoms with E-state index in [1.807, 2.05) is 0 Å². The van der Waals surface area contributed by atoms with Crippen molar-refractivity contribution in [2.75, 3.05) is 29.5 Å². The van der Waals surface area contributed by atoms with Crippen LogP contribution < -0.4 is 16.4 Å². The van der Waals surface area contributed by atoms with Gasteiger partial charge in [-0.1, -0.05) is 5.16 Å². The number of nitrogens with two attached hydrogens (primary N) is 2. The number of pyridine rings is 1. The Bertz CT molecular complexity index is 1200. The molecule has 190 valence electrons. The molecule has 0 bridgehead atoms. The second-order valence-electron chi connectivity index (χ2n) is 7.11. The van der Waals surface area contributed by atoms with Crippen molar-refractivity contribution in [1.82, 2.24) is 19.2 Å². The number of β-lactam (4-membered cyclic amide) rings is 1. The minimum absolute atomic E-state index is 0.0147. The second-order valence-corrected chi connectivity index (χ2v) is 9.06. The predicted octanol–water partition coefficient (Wildman–Crippen LogP) is 0.0345. The van der Waals surface area contributed by atoms with Crippen molar-refractivity contribution in [3.05, 3.63) is 41.6 Å². The highest BCUT2D eigenvalue weighted by molar-refractivity contribution is 8.00. The summed E-state index contributed by atoms with van der Waals surface area (Å²) in [6.07, 6.45) is 4.14. The zero-order valence-corrected chi connectivity index (χ0v) is 20.6. The molecule has 0 spiro atoms. The maximum Gasteiger partial charge on any atom is 0.352 e. The van der Waals surface area contributed by atoms with Crippen LogP contribution in [0.15, 0.2) is 41.0 Å². The first kappa shape index (κ1) is 26.6. The fourth-order valence-corrected chi connectivity index (χ4v) is 4.88. The minimum Gasteiger partial charge on any atom is -0.477 e. The first-order chi connectivity index (χ1) is 17.3. The largest absolute Gasteiger partial charge is 0.477 e. The molecule has 16 heteroatoms. The third-order valence-electron chi connectivity index (χ3n) is 4.79. The van der Waals surface area contributed by atoms with E-state index in [1.54, 1.807) is 31.5 Å². The summed E-state index contributed by atoms with van der Waals surface area (Å²) < 4.78 is 3.78. The van der Waals surface area contributed by atoms with Gasteiger partial charge < -0.3 is 26.3 Å². The van der Waals surface area contributed by atoms with Gasteiger partial charge in [0.05, 0.1) is 11.8 Å². The van der Waals surface area contributed by atoms with E-state index >= 15 is 0 Å². The highest BCUT2D eigenvalue weighted by Crippen LogP contribution is 2.40. The Kier molecular flexibility index (Phi) is 8.91. The number of carbonyl (C=O) groups is 4. The molecular formula is C20H22N8O6S2. The molecule has 4 heterocycles. The van der Waals surface area contributed by atoms with E-state index in [2.05, 4.69) is 19.5 Å². The number of rotatable bonds is 9. The van der Waals surface area contributed by atoms with Crippen molar-refractivity contribution in [1.29, 1.82) is 0 Å². The number of primary amides is 1. The summed E-state index contributed by atoms with van der Waals surface area (Å²) in [5.74, 6) is -1.49. The number of aromatic nitrogens is 3. The Balaban J connectivity index is 0.000000223. The van der Waals surface area contributed by atoms with Gasteiger partial charge in [-0.25, -0.2) is 4.79 Å². The maximum absolute atomic E-state index is 11.7. The summed E-state index contributed by atoms with van der Waals surface area (Å²) in [4.78, 5) is 60.5. The summed E-state index contributed by atoms with van der Waals surface area (Å²) in [5.41, 5.74) is 11.5. The van der Waals surface area contributed by atoms with Crippen molar-refractivity contribution < 1.29 is 29.1 Å². The van der Waals surface area contributed by atoms with Crippen LogP contribution in [0.1, 0.15) is 19.2 Å². The first-order valence-electron chi connectivity index (χ1n) is 10.4. The maximum atomic E-state index is 11.7. The summed E-state index contributed by atoms with van der Waals surface area (Å²) in [5, 5.41) is 13.1. The Morgan fingerprint density at radius 1 is 1.39 bits per heavy atom. The standard InChI is InChI=1S/C14H13N3O4S.C6H9N5O2S/c18-8-16(10-1-3-15-4-2-10)6-9-7-22-12-5-11(19)17(12)13(9)14(20)21;1-2-13-10-3(4(7)12)5-9-6(8)14-11-5/h1-4,8,12H,5-7H2,(H,20,21);2H2,1H3,(H2,7,12)(H2,8,9,11)/t12-;/m0./s1. The van der Waals surface area contributed by atoms with Crippen molar-refractivity contribution >= 4 is 64.0 Å². The van der Waals surface area contributed by atoms with Gasteiger partial charge in [0.2, 0.25) is 23.9 Å². The number of nitrogens with zero attached hydrogens (tertiary/aromatic N) is 6. The molecule has 2 aromatic rings. The third kappa shape index (κ3) is 6.14. The summed E-state index contributed by atoms with van der Waals surface area (Å²) >= 11 is 2.48. The average Bonchev–Trinajstić information content (AvgIpc) is 3.28. The fourth-order valence-electron chi connectivity index (χ4n) is 3.19. The number of carboxylic acid groups (broad SMARTS) is 1. The van der Waals surface area contributed by atoms with Crippen molar-refractivity contribution in [3.63, 3.8) is 0 Å². The molecule has 1 saturated heterocycles. The molecule has 2 aliphatic heterocycles. The Morgan fingerprint density at radius 3 is 2.64 bits per heavy atom. The number of hydrogen-bond acceptors (Lipinski definition) is 12. The Labute approximate surface area is 213 Å². The molecule has 36 heavy (non-hydrogen) atoms. The average molecular weight is 535 g/mol. The Hall–Kier alpha value is -4.05. The molecule has 2 aromatic heterocycles. The van der Waals surface area contributed by atoms with E-state index in [0.29, 0.717) is 36.5 Å². The second kappa shape index (κ2) is 12.1. The monoisotopic (exact) mass is 534 g/mol. The van der Waals surface area contributed by atoms with Crippen LogP contribution in [0.4, 0.5) is 10.8 Å². The third-order valence-corrected chi connectivity index (χ3v) is 6.61. The van der Waals surface area contributed by atoms with Crippen LogP contribution in [0.3, 0.4) is 0 Å². The molecule has 1 fully saturated rings. The SMILES string of the molecule is CCON=C(C(N)=O)c1nsc(N)n1.O=CN(CC1=C(C(=O)O)N2C(=O)C[C@@H]2SC1)c1ccncc1. The van der Waals surface area contributed by atoms with Gasteiger partial charge in [-0.2, -0.15) is 9.36 Å². The lowest BCUT2D eigenvalue weighted by Crippen LogP contribution is -2.54. The van der Waals surface area contributed by atoms with Crippen LogP contribution in [0.5, 0.6) is 0 Å². The zero-order valence-electron chi connectivity index (χ0n) is 18.9. The van der Waals surface area contributed by atoms with Crippen molar-refractivity contribution in [2.45, 2.75) is 18.7 Å². The lowest BCUT2D eigenvalue weighted by molar-refractivity contribution is -0.146. The Morgan fingerprint density at radius 2 is 2.11 bits per heavy atom. The van der Waals surface area contributed by atoms with Crippen LogP contribution in [0, 0.1) is 0 Å². The first-order valence-corrected chi connectivity index (χ1v) is 12.2.